The summed E-state index contributed by atoms with van der Waals surface area (Å²) in [5.41, 5.74) is 1.92. The minimum atomic E-state index is -0.0926. The van der Waals surface area contributed by atoms with Crippen LogP contribution in [0.3, 0.4) is 0 Å². The van der Waals surface area contributed by atoms with Gasteiger partial charge in [-0.05, 0) is 24.8 Å². The van der Waals surface area contributed by atoms with E-state index in [2.05, 4.69) is 0 Å². The molecule has 0 fully saturated rings. The Labute approximate surface area is 70.8 Å². The van der Waals surface area contributed by atoms with Crippen molar-refractivity contribution in [2.75, 3.05) is 6.26 Å². The zero-order chi connectivity index (χ0) is 8.27. The van der Waals surface area contributed by atoms with Gasteiger partial charge in [-0.1, -0.05) is 17.7 Å². The second-order valence-corrected chi connectivity index (χ2v) is 3.39. The van der Waals surface area contributed by atoms with E-state index < -0.39 is 0 Å². The average molecular weight is 170 g/mol. The van der Waals surface area contributed by atoms with E-state index in [0.29, 0.717) is 0 Å². The van der Waals surface area contributed by atoms with Crippen LogP contribution in [0.4, 0.5) is 4.39 Å². The fourth-order valence-corrected chi connectivity index (χ4v) is 1.50. The zero-order valence-corrected chi connectivity index (χ0v) is 7.54. The largest absolute Gasteiger partial charge is 0.207 e. The first-order valence-corrected chi connectivity index (χ1v) is 4.87. The first kappa shape index (κ1) is 8.60. The third kappa shape index (κ3) is 2.22. The molecule has 1 rings (SSSR count). The van der Waals surface area contributed by atoms with Crippen molar-refractivity contribution in [2.24, 2.45) is 0 Å². The number of halogens is 1. The summed E-state index contributed by atoms with van der Waals surface area (Å²) in [6, 6.07) is 5.21. The highest BCUT2D eigenvalue weighted by Crippen LogP contribution is 2.14. The van der Waals surface area contributed by atoms with Gasteiger partial charge in [0.15, 0.2) is 0 Å². The summed E-state index contributed by atoms with van der Waals surface area (Å²) in [6.07, 6.45) is 1.97. The topological polar surface area (TPSA) is 0 Å². The maximum Gasteiger partial charge on any atom is 0.127 e. The Balaban J connectivity index is 2.93. The Bertz CT molecular complexity index is 245. The Kier molecular flexibility index (Phi) is 2.94. The van der Waals surface area contributed by atoms with E-state index in [1.165, 1.54) is 6.07 Å². The van der Waals surface area contributed by atoms with Crippen LogP contribution in [0.2, 0.25) is 0 Å². The predicted molar refractivity (Wildman–Crippen MR) is 48.4 cm³/mol. The number of thioether (sulfide) groups is 1. The van der Waals surface area contributed by atoms with E-state index in [-0.39, 0.29) is 5.82 Å². The SMILES string of the molecule is CSCc1cc(C)ccc1F. The lowest BCUT2D eigenvalue weighted by Gasteiger charge is -2.01. The quantitative estimate of drug-likeness (QED) is 0.657. The van der Waals surface area contributed by atoms with Crippen molar-refractivity contribution >= 4 is 11.8 Å². The molecule has 0 saturated carbocycles. The van der Waals surface area contributed by atoms with Gasteiger partial charge in [-0.25, -0.2) is 4.39 Å². The molecule has 11 heavy (non-hydrogen) atoms. The second-order valence-electron chi connectivity index (χ2n) is 2.53. The molecule has 0 nitrogen and oxygen atoms in total. The summed E-state index contributed by atoms with van der Waals surface area (Å²) in [5.74, 6) is 0.665. The van der Waals surface area contributed by atoms with Crippen LogP contribution in [0, 0.1) is 12.7 Å². The van der Waals surface area contributed by atoms with E-state index in [0.717, 1.165) is 16.9 Å². The van der Waals surface area contributed by atoms with Crippen molar-refractivity contribution in [3.8, 4) is 0 Å². The molecule has 0 aliphatic rings. The van der Waals surface area contributed by atoms with Crippen molar-refractivity contribution in [1.29, 1.82) is 0 Å². The van der Waals surface area contributed by atoms with Gasteiger partial charge in [0.1, 0.15) is 5.82 Å². The highest BCUT2D eigenvalue weighted by Gasteiger charge is 1.99. The first-order valence-electron chi connectivity index (χ1n) is 3.48. The Morgan fingerprint density at radius 3 is 2.82 bits per heavy atom. The monoisotopic (exact) mass is 170 g/mol. The number of benzene rings is 1. The molecule has 0 atom stereocenters. The third-order valence-electron chi connectivity index (χ3n) is 1.50. The smallest absolute Gasteiger partial charge is 0.127 e. The Hall–Kier alpha value is -0.500. The number of rotatable bonds is 2. The molecule has 0 heterocycles. The normalized spacial score (nSPS) is 10.1. The summed E-state index contributed by atoms with van der Waals surface area (Å²) < 4.78 is 12.9. The molecular formula is C9H11FS. The molecule has 0 radical (unpaired) electrons. The molecule has 0 saturated heterocycles. The van der Waals surface area contributed by atoms with Crippen molar-refractivity contribution in [3.63, 3.8) is 0 Å². The standard InChI is InChI=1S/C9H11FS/c1-7-3-4-9(10)8(5-7)6-11-2/h3-5H,6H2,1-2H3. The number of hydrogen-bond donors (Lipinski definition) is 0. The van der Waals surface area contributed by atoms with Crippen molar-refractivity contribution in [2.45, 2.75) is 12.7 Å². The summed E-state index contributed by atoms with van der Waals surface area (Å²) >= 11 is 1.64. The van der Waals surface area contributed by atoms with Gasteiger partial charge in [0.25, 0.3) is 0 Å². The molecule has 0 N–H and O–H groups in total. The van der Waals surface area contributed by atoms with Crippen molar-refractivity contribution < 1.29 is 4.39 Å². The van der Waals surface area contributed by atoms with Crippen molar-refractivity contribution in [1.82, 2.24) is 0 Å². The summed E-state index contributed by atoms with van der Waals surface area (Å²) in [4.78, 5) is 0. The molecule has 0 unspecified atom stereocenters. The van der Waals surface area contributed by atoms with Crippen LogP contribution in [0.1, 0.15) is 11.1 Å². The number of aryl methyl sites for hydroxylation is 1. The molecule has 0 aliphatic carbocycles. The fourth-order valence-electron chi connectivity index (χ4n) is 0.970. The second kappa shape index (κ2) is 3.77. The molecule has 1 aromatic carbocycles. The summed E-state index contributed by atoms with van der Waals surface area (Å²) in [7, 11) is 0. The number of hydrogen-bond acceptors (Lipinski definition) is 1. The molecule has 0 spiro atoms. The minimum Gasteiger partial charge on any atom is -0.207 e. The van der Waals surface area contributed by atoms with Crippen molar-refractivity contribution in [3.05, 3.63) is 35.1 Å². The first-order chi connectivity index (χ1) is 5.24. The maximum absolute atomic E-state index is 12.9. The molecule has 0 bridgehead atoms. The summed E-state index contributed by atoms with van der Waals surface area (Å²) in [5, 5.41) is 0. The zero-order valence-electron chi connectivity index (χ0n) is 6.73. The fraction of sp³-hybridized carbons (Fsp3) is 0.333. The van der Waals surface area contributed by atoms with Gasteiger partial charge >= 0.3 is 0 Å². The molecule has 0 aromatic heterocycles. The molecule has 1 aromatic rings. The van der Waals surface area contributed by atoms with Crippen LogP contribution in [-0.2, 0) is 5.75 Å². The highest BCUT2D eigenvalue weighted by molar-refractivity contribution is 7.97. The average Bonchev–Trinajstić information content (AvgIpc) is 1.98. The van der Waals surface area contributed by atoms with Crippen LogP contribution in [0.5, 0.6) is 0 Å². The van der Waals surface area contributed by atoms with Gasteiger partial charge in [0, 0.05) is 5.75 Å². The van der Waals surface area contributed by atoms with E-state index in [1.54, 1.807) is 17.8 Å². The van der Waals surface area contributed by atoms with Crippen LogP contribution in [0.25, 0.3) is 0 Å². The highest BCUT2D eigenvalue weighted by atomic mass is 32.2. The van der Waals surface area contributed by atoms with Crippen LogP contribution >= 0.6 is 11.8 Å². The van der Waals surface area contributed by atoms with Gasteiger partial charge in [0.05, 0.1) is 0 Å². The van der Waals surface area contributed by atoms with E-state index in [1.807, 2.05) is 19.2 Å². The van der Waals surface area contributed by atoms with Crippen LogP contribution in [-0.4, -0.2) is 6.26 Å². The lowest BCUT2D eigenvalue weighted by molar-refractivity contribution is 0.617. The maximum atomic E-state index is 12.9. The lowest BCUT2D eigenvalue weighted by Crippen LogP contribution is -1.87. The molecule has 0 amide bonds. The van der Waals surface area contributed by atoms with Gasteiger partial charge in [-0.3, -0.25) is 0 Å². The van der Waals surface area contributed by atoms with E-state index in [9.17, 15) is 4.39 Å². The van der Waals surface area contributed by atoms with Gasteiger partial charge < -0.3 is 0 Å². The summed E-state index contributed by atoms with van der Waals surface area (Å²) in [6.45, 7) is 1.98. The Morgan fingerprint density at radius 1 is 1.45 bits per heavy atom. The van der Waals surface area contributed by atoms with Gasteiger partial charge in [0.2, 0.25) is 0 Å². The molecule has 2 heteroatoms. The minimum absolute atomic E-state index is 0.0926. The predicted octanol–water partition coefficient (Wildman–Crippen LogP) is 3.00. The van der Waals surface area contributed by atoms with Gasteiger partial charge in [-0.15, -0.1) is 0 Å². The van der Waals surface area contributed by atoms with E-state index in [4.69, 9.17) is 0 Å². The molecule has 0 aliphatic heterocycles. The molecule has 60 valence electrons. The Morgan fingerprint density at radius 2 is 2.18 bits per heavy atom. The van der Waals surface area contributed by atoms with Crippen LogP contribution < -0.4 is 0 Å². The lowest BCUT2D eigenvalue weighted by atomic mass is 10.1. The molecular weight excluding hydrogens is 159 g/mol. The van der Waals surface area contributed by atoms with E-state index >= 15 is 0 Å². The van der Waals surface area contributed by atoms with Gasteiger partial charge in [-0.2, -0.15) is 11.8 Å². The van der Waals surface area contributed by atoms with Crippen LogP contribution in [0.15, 0.2) is 18.2 Å². The third-order valence-corrected chi connectivity index (χ3v) is 2.10.